The molecule has 0 bridgehead atoms. The number of hydrogen-bond acceptors (Lipinski definition) is 3. The maximum absolute atomic E-state index is 12.2. The van der Waals surface area contributed by atoms with Crippen molar-refractivity contribution in [2.24, 2.45) is 5.92 Å². The Bertz CT molecular complexity index is 252. The van der Waals surface area contributed by atoms with Crippen LogP contribution in [0.25, 0.3) is 0 Å². The van der Waals surface area contributed by atoms with E-state index >= 15 is 0 Å². The summed E-state index contributed by atoms with van der Waals surface area (Å²) in [6.07, 6.45) is 4.26. The van der Waals surface area contributed by atoms with Gasteiger partial charge in [0.2, 0.25) is 5.91 Å². The standard InChI is InChI=1S/C13H24N2O2/c1-11-10-15(6-3-7-17-11)13(16)8-12-4-2-5-14-9-12/h11-12,14H,2-10H2,1H3. The summed E-state index contributed by atoms with van der Waals surface area (Å²) in [5.74, 6) is 0.853. The van der Waals surface area contributed by atoms with Crippen LogP contribution in [0.3, 0.4) is 0 Å². The van der Waals surface area contributed by atoms with Crippen LogP contribution in [0.1, 0.15) is 32.6 Å². The summed E-state index contributed by atoms with van der Waals surface area (Å²) < 4.78 is 5.57. The van der Waals surface area contributed by atoms with Gasteiger partial charge in [-0.1, -0.05) is 0 Å². The Morgan fingerprint density at radius 1 is 1.47 bits per heavy atom. The van der Waals surface area contributed by atoms with Gasteiger partial charge < -0.3 is 15.0 Å². The van der Waals surface area contributed by atoms with Gasteiger partial charge in [0.15, 0.2) is 0 Å². The minimum atomic E-state index is 0.186. The fourth-order valence-electron chi connectivity index (χ4n) is 2.70. The summed E-state index contributed by atoms with van der Waals surface area (Å²) in [4.78, 5) is 14.2. The van der Waals surface area contributed by atoms with Gasteiger partial charge >= 0.3 is 0 Å². The molecule has 2 rings (SSSR count). The summed E-state index contributed by atoms with van der Waals surface area (Å²) in [5, 5.41) is 3.37. The summed E-state index contributed by atoms with van der Waals surface area (Å²) in [5.41, 5.74) is 0. The van der Waals surface area contributed by atoms with Crippen LogP contribution in [0, 0.1) is 5.92 Å². The zero-order chi connectivity index (χ0) is 12.1. The monoisotopic (exact) mass is 240 g/mol. The molecule has 2 saturated heterocycles. The van der Waals surface area contributed by atoms with E-state index in [1.54, 1.807) is 0 Å². The van der Waals surface area contributed by atoms with Gasteiger partial charge in [-0.15, -0.1) is 0 Å². The number of carbonyl (C=O) groups excluding carboxylic acids is 1. The number of hydrogen-bond donors (Lipinski definition) is 1. The van der Waals surface area contributed by atoms with E-state index < -0.39 is 0 Å². The molecule has 2 heterocycles. The molecule has 1 amide bonds. The van der Waals surface area contributed by atoms with Crippen LogP contribution in [0.15, 0.2) is 0 Å². The van der Waals surface area contributed by atoms with Gasteiger partial charge in [0, 0.05) is 26.1 Å². The lowest BCUT2D eigenvalue weighted by atomic mass is 9.95. The molecule has 0 aromatic rings. The van der Waals surface area contributed by atoms with Crippen molar-refractivity contribution in [3.63, 3.8) is 0 Å². The number of ether oxygens (including phenoxy) is 1. The van der Waals surface area contributed by atoms with Crippen LogP contribution in [0.5, 0.6) is 0 Å². The second kappa shape index (κ2) is 6.36. The zero-order valence-corrected chi connectivity index (χ0v) is 10.8. The quantitative estimate of drug-likeness (QED) is 0.783. The van der Waals surface area contributed by atoms with Crippen molar-refractivity contribution >= 4 is 5.91 Å². The highest BCUT2D eigenvalue weighted by Gasteiger charge is 2.23. The average molecular weight is 240 g/mol. The van der Waals surface area contributed by atoms with E-state index in [1.807, 2.05) is 11.8 Å². The number of carbonyl (C=O) groups is 1. The summed E-state index contributed by atoms with van der Waals surface area (Å²) >= 11 is 0. The number of amides is 1. The first-order chi connectivity index (χ1) is 8.25. The molecule has 0 aromatic heterocycles. The van der Waals surface area contributed by atoms with Gasteiger partial charge in [0.1, 0.15) is 0 Å². The smallest absolute Gasteiger partial charge is 0.222 e. The van der Waals surface area contributed by atoms with Crippen LogP contribution >= 0.6 is 0 Å². The molecule has 0 aromatic carbocycles. The Labute approximate surface area is 104 Å². The molecule has 2 aliphatic rings. The Balaban J connectivity index is 1.80. The third kappa shape index (κ3) is 3.96. The highest BCUT2D eigenvalue weighted by Crippen LogP contribution is 2.16. The van der Waals surface area contributed by atoms with E-state index in [0.717, 1.165) is 39.2 Å². The minimum Gasteiger partial charge on any atom is -0.377 e. The third-order valence-electron chi connectivity index (χ3n) is 3.67. The van der Waals surface area contributed by atoms with Crippen molar-refractivity contribution in [3.05, 3.63) is 0 Å². The van der Waals surface area contributed by atoms with Crippen LogP contribution in [0.4, 0.5) is 0 Å². The number of nitrogens with one attached hydrogen (secondary N) is 1. The number of nitrogens with zero attached hydrogens (tertiary/aromatic N) is 1. The van der Waals surface area contributed by atoms with Gasteiger partial charge in [-0.2, -0.15) is 0 Å². The van der Waals surface area contributed by atoms with Crippen LogP contribution in [-0.2, 0) is 9.53 Å². The van der Waals surface area contributed by atoms with Crippen LogP contribution < -0.4 is 5.32 Å². The van der Waals surface area contributed by atoms with E-state index in [4.69, 9.17) is 4.74 Å². The first kappa shape index (κ1) is 12.8. The molecule has 98 valence electrons. The third-order valence-corrected chi connectivity index (χ3v) is 3.67. The van der Waals surface area contributed by atoms with Crippen molar-refractivity contribution in [1.29, 1.82) is 0 Å². The van der Waals surface area contributed by atoms with E-state index in [-0.39, 0.29) is 6.10 Å². The van der Waals surface area contributed by atoms with Gasteiger partial charge in [0.25, 0.3) is 0 Å². The van der Waals surface area contributed by atoms with E-state index in [0.29, 0.717) is 18.2 Å². The SMILES string of the molecule is CC1CN(C(=O)CC2CCCNC2)CCCO1. The van der Waals surface area contributed by atoms with Gasteiger partial charge in [0.05, 0.1) is 6.10 Å². The highest BCUT2D eigenvalue weighted by atomic mass is 16.5. The largest absolute Gasteiger partial charge is 0.377 e. The van der Waals surface area contributed by atoms with Gasteiger partial charge in [-0.05, 0) is 45.2 Å². The molecule has 4 nitrogen and oxygen atoms in total. The fourth-order valence-corrected chi connectivity index (χ4v) is 2.70. The van der Waals surface area contributed by atoms with Crippen molar-refractivity contribution in [1.82, 2.24) is 10.2 Å². The summed E-state index contributed by atoms with van der Waals surface area (Å²) in [6.45, 7) is 6.58. The minimum absolute atomic E-state index is 0.186. The molecule has 2 fully saturated rings. The molecule has 2 aliphatic heterocycles. The molecule has 1 N–H and O–H groups in total. The van der Waals surface area contributed by atoms with E-state index in [1.165, 1.54) is 12.8 Å². The predicted molar refractivity (Wildman–Crippen MR) is 66.8 cm³/mol. The topological polar surface area (TPSA) is 41.6 Å². The summed E-state index contributed by atoms with van der Waals surface area (Å²) in [6, 6.07) is 0. The average Bonchev–Trinajstić information content (AvgIpc) is 2.55. The molecule has 17 heavy (non-hydrogen) atoms. The van der Waals surface area contributed by atoms with Crippen LogP contribution in [0.2, 0.25) is 0 Å². The number of rotatable bonds is 2. The predicted octanol–water partition coefficient (Wildman–Crippen LogP) is 1.01. The molecule has 2 atom stereocenters. The van der Waals surface area contributed by atoms with Crippen molar-refractivity contribution < 1.29 is 9.53 Å². The molecule has 2 unspecified atom stereocenters. The molecule has 0 saturated carbocycles. The Morgan fingerprint density at radius 2 is 2.35 bits per heavy atom. The summed E-state index contributed by atoms with van der Waals surface area (Å²) in [7, 11) is 0. The molecule has 4 heteroatoms. The Hall–Kier alpha value is -0.610. The Kier molecular flexibility index (Phi) is 4.80. The van der Waals surface area contributed by atoms with Crippen molar-refractivity contribution in [3.8, 4) is 0 Å². The van der Waals surface area contributed by atoms with Gasteiger partial charge in [-0.3, -0.25) is 4.79 Å². The lowest BCUT2D eigenvalue weighted by Gasteiger charge is -2.27. The maximum Gasteiger partial charge on any atom is 0.222 e. The van der Waals surface area contributed by atoms with Crippen LogP contribution in [-0.4, -0.2) is 49.7 Å². The van der Waals surface area contributed by atoms with Gasteiger partial charge in [-0.25, -0.2) is 0 Å². The van der Waals surface area contributed by atoms with E-state index in [2.05, 4.69) is 5.32 Å². The zero-order valence-electron chi connectivity index (χ0n) is 10.8. The second-order valence-electron chi connectivity index (χ2n) is 5.29. The molecule has 0 spiro atoms. The lowest BCUT2D eigenvalue weighted by Crippen LogP contribution is -2.39. The number of piperidine rings is 1. The second-order valence-corrected chi connectivity index (χ2v) is 5.29. The fraction of sp³-hybridized carbons (Fsp3) is 0.923. The molecule has 0 aliphatic carbocycles. The van der Waals surface area contributed by atoms with E-state index in [9.17, 15) is 4.79 Å². The molecule has 0 radical (unpaired) electrons. The van der Waals surface area contributed by atoms with Crippen molar-refractivity contribution in [2.75, 3.05) is 32.8 Å². The van der Waals surface area contributed by atoms with Crippen molar-refractivity contribution in [2.45, 2.75) is 38.7 Å². The normalized spacial score (nSPS) is 31.0. The first-order valence-electron chi connectivity index (χ1n) is 6.86. The molecular formula is C13H24N2O2. The maximum atomic E-state index is 12.2. The Morgan fingerprint density at radius 3 is 3.12 bits per heavy atom. The lowest BCUT2D eigenvalue weighted by molar-refractivity contribution is -0.133. The highest BCUT2D eigenvalue weighted by molar-refractivity contribution is 5.76. The molecular weight excluding hydrogens is 216 g/mol. The first-order valence-corrected chi connectivity index (χ1v) is 6.86.